The predicted molar refractivity (Wildman–Crippen MR) is 91.2 cm³/mol. The zero-order valence-corrected chi connectivity index (χ0v) is 13.9. The van der Waals surface area contributed by atoms with E-state index in [9.17, 15) is 14.4 Å². The summed E-state index contributed by atoms with van der Waals surface area (Å²) in [5, 5.41) is 0. The number of Topliss-reactive ketones (excluding diaryl/α,β-unsaturated/α-hetero) is 1. The average Bonchev–Trinajstić information content (AvgIpc) is 3.21. The maximum atomic E-state index is 12.3. The number of carbonyl (C=O) groups excluding carboxylic acids is 3. The number of benzene rings is 1. The number of hydrogen-bond acceptors (Lipinski definition) is 4. The van der Waals surface area contributed by atoms with E-state index in [2.05, 4.69) is 0 Å². The van der Waals surface area contributed by atoms with Gasteiger partial charge in [-0.25, -0.2) is 0 Å². The van der Waals surface area contributed by atoms with Crippen molar-refractivity contribution in [1.82, 2.24) is 9.80 Å². The van der Waals surface area contributed by atoms with Crippen LogP contribution in [-0.4, -0.2) is 53.6 Å². The van der Waals surface area contributed by atoms with E-state index >= 15 is 0 Å². The lowest BCUT2D eigenvalue weighted by Crippen LogP contribution is -2.50. The molecule has 2 aromatic rings. The number of amides is 2. The SMILES string of the molecule is O=C(CCC(=O)N1CCN(C(=O)c2ccoc2)CC1)c1ccccc1. The van der Waals surface area contributed by atoms with Crippen molar-refractivity contribution in [1.29, 1.82) is 0 Å². The maximum Gasteiger partial charge on any atom is 0.257 e. The van der Waals surface area contributed by atoms with Crippen LogP contribution in [-0.2, 0) is 4.79 Å². The van der Waals surface area contributed by atoms with Crippen LogP contribution in [0.15, 0.2) is 53.3 Å². The predicted octanol–water partition coefficient (Wildman–Crippen LogP) is 2.23. The number of rotatable bonds is 5. The molecule has 0 spiro atoms. The lowest BCUT2D eigenvalue weighted by Gasteiger charge is -2.34. The molecule has 1 saturated heterocycles. The molecule has 0 N–H and O–H groups in total. The van der Waals surface area contributed by atoms with Gasteiger partial charge in [0.05, 0.1) is 11.8 Å². The first-order chi connectivity index (χ1) is 12.1. The fraction of sp³-hybridized carbons (Fsp3) is 0.316. The van der Waals surface area contributed by atoms with Crippen LogP contribution < -0.4 is 0 Å². The maximum absolute atomic E-state index is 12.3. The molecule has 6 nitrogen and oxygen atoms in total. The Bertz CT molecular complexity index is 732. The van der Waals surface area contributed by atoms with Crippen LogP contribution in [0, 0.1) is 0 Å². The van der Waals surface area contributed by atoms with E-state index in [1.54, 1.807) is 28.0 Å². The summed E-state index contributed by atoms with van der Waals surface area (Å²) < 4.78 is 4.93. The first-order valence-electron chi connectivity index (χ1n) is 8.32. The number of nitrogens with zero attached hydrogens (tertiary/aromatic N) is 2. The van der Waals surface area contributed by atoms with Gasteiger partial charge in [-0.15, -0.1) is 0 Å². The minimum Gasteiger partial charge on any atom is -0.472 e. The minimum atomic E-state index is -0.0832. The van der Waals surface area contributed by atoms with Gasteiger partial charge < -0.3 is 14.2 Å². The second-order valence-corrected chi connectivity index (χ2v) is 5.97. The molecule has 0 saturated carbocycles. The molecule has 1 aliphatic rings. The van der Waals surface area contributed by atoms with Crippen molar-refractivity contribution in [2.24, 2.45) is 0 Å². The van der Waals surface area contributed by atoms with Crippen LogP contribution in [0.1, 0.15) is 33.6 Å². The van der Waals surface area contributed by atoms with Crippen molar-refractivity contribution in [2.75, 3.05) is 26.2 Å². The van der Waals surface area contributed by atoms with Crippen LogP contribution in [0.2, 0.25) is 0 Å². The Balaban J connectivity index is 1.45. The van der Waals surface area contributed by atoms with Gasteiger partial charge in [-0.1, -0.05) is 30.3 Å². The average molecular weight is 340 g/mol. The van der Waals surface area contributed by atoms with Crippen molar-refractivity contribution in [3.8, 4) is 0 Å². The summed E-state index contributed by atoms with van der Waals surface area (Å²) in [6, 6.07) is 10.6. The van der Waals surface area contributed by atoms with Gasteiger partial charge in [0.15, 0.2) is 5.78 Å². The van der Waals surface area contributed by atoms with Crippen LogP contribution in [0.5, 0.6) is 0 Å². The number of ketones is 1. The summed E-state index contributed by atoms with van der Waals surface area (Å²) in [7, 11) is 0. The number of furan rings is 1. The third-order valence-electron chi connectivity index (χ3n) is 4.35. The number of hydrogen-bond donors (Lipinski definition) is 0. The number of carbonyl (C=O) groups is 3. The lowest BCUT2D eigenvalue weighted by atomic mass is 10.1. The summed E-state index contributed by atoms with van der Waals surface area (Å²) in [6.45, 7) is 1.95. The van der Waals surface area contributed by atoms with Gasteiger partial charge in [-0.05, 0) is 6.07 Å². The first-order valence-corrected chi connectivity index (χ1v) is 8.32. The van der Waals surface area contributed by atoms with E-state index in [0.717, 1.165) is 0 Å². The van der Waals surface area contributed by atoms with E-state index in [1.165, 1.54) is 12.5 Å². The van der Waals surface area contributed by atoms with Gasteiger partial charge in [-0.3, -0.25) is 14.4 Å². The third-order valence-corrected chi connectivity index (χ3v) is 4.35. The quantitative estimate of drug-likeness (QED) is 0.783. The Kier molecular flexibility index (Phi) is 5.28. The monoisotopic (exact) mass is 340 g/mol. The molecule has 1 aliphatic heterocycles. The zero-order valence-electron chi connectivity index (χ0n) is 13.9. The highest BCUT2D eigenvalue weighted by atomic mass is 16.3. The Morgan fingerprint density at radius 3 is 2.16 bits per heavy atom. The summed E-state index contributed by atoms with van der Waals surface area (Å²) in [5.74, 6) is -0.150. The standard InChI is InChI=1S/C19H20N2O4/c22-17(15-4-2-1-3-5-15)6-7-18(23)20-9-11-21(12-10-20)19(24)16-8-13-25-14-16/h1-5,8,13-14H,6-7,9-12H2. The Labute approximate surface area is 146 Å². The van der Waals surface area contributed by atoms with E-state index in [4.69, 9.17) is 4.42 Å². The molecule has 1 aromatic carbocycles. The molecule has 130 valence electrons. The molecule has 1 fully saturated rings. The molecule has 0 aliphatic carbocycles. The van der Waals surface area contributed by atoms with Crippen LogP contribution in [0.25, 0.3) is 0 Å². The summed E-state index contributed by atoms with van der Waals surface area (Å²) in [4.78, 5) is 40.0. The first kappa shape index (κ1) is 17.0. The normalized spacial score (nSPS) is 14.4. The van der Waals surface area contributed by atoms with Gasteiger partial charge in [0.1, 0.15) is 6.26 Å². The van der Waals surface area contributed by atoms with Crippen molar-refractivity contribution >= 4 is 17.6 Å². The van der Waals surface area contributed by atoms with E-state index in [-0.39, 0.29) is 30.4 Å². The molecule has 6 heteroatoms. The van der Waals surface area contributed by atoms with Crippen LogP contribution in [0.3, 0.4) is 0 Å². The van der Waals surface area contributed by atoms with Gasteiger partial charge in [0.25, 0.3) is 5.91 Å². The number of piperazine rings is 1. The van der Waals surface area contributed by atoms with E-state index in [0.29, 0.717) is 37.3 Å². The molecule has 1 aromatic heterocycles. The van der Waals surface area contributed by atoms with Crippen molar-refractivity contribution in [3.63, 3.8) is 0 Å². The zero-order chi connectivity index (χ0) is 17.6. The van der Waals surface area contributed by atoms with Gasteiger partial charge >= 0.3 is 0 Å². The highest BCUT2D eigenvalue weighted by molar-refractivity contribution is 5.98. The molecular formula is C19H20N2O4. The minimum absolute atomic E-state index is 0.0253. The van der Waals surface area contributed by atoms with Crippen LogP contribution >= 0.6 is 0 Å². The summed E-state index contributed by atoms with van der Waals surface area (Å²) in [6.07, 6.45) is 3.30. The Morgan fingerprint density at radius 1 is 0.840 bits per heavy atom. The van der Waals surface area contributed by atoms with Crippen molar-refractivity contribution in [3.05, 3.63) is 60.1 Å². The molecule has 3 rings (SSSR count). The van der Waals surface area contributed by atoms with E-state index < -0.39 is 0 Å². The molecule has 2 amide bonds. The van der Waals surface area contributed by atoms with Crippen molar-refractivity contribution in [2.45, 2.75) is 12.8 Å². The topological polar surface area (TPSA) is 70.8 Å². The highest BCUT2D eigenvalue weighted by Crippen LogP contribution is 2.12. The molecule has 0 atom stereocenters. The lowest BCUT2D eigenvalue weighted by molar-refractivity contribution is -0.132. The molecule has 25 heavy (non-hydrogen) atoms. The van der Waals surface area contributed by atoms with Gasteiger partial charge in [0.2, 0.25) is 5.91 Å². The van der Waals surface area contributed by atoms with Crippen molar-refractivity contribution < 1.29 is 18.8 Å². The molecular weight excluding hydrogens is 320 g/mol. The van der Waals surface area contributed by atoms with Gasteiger partial charge in [0, 0.05) is 44.6 Å². The fourth-order valence-electron chi connectivity index (χ4n) is 2.87. The van der Waals surface area contributed by atoms with Crippen LogP contribution in [0.4, 0.5) is 0 Å². The highest BCUT2D eigenvalue weighted by Gasteiger charge is 2.25. The molecule has 2 heterocycles. The van der Waals surface area contributed by atoms with Gasteiger partial charge in [-0.2, -0.15) is 0 Å². The largest absolute Gasteiger partial charge is 0.472 e. The summed E-state index contributed by atoms with van der Waals surface area (Å²) in [5.41, 5.74) is 1.15. The molecule has 0 radical (unpaired) electrons. The third kappa shape index (κ3) is 4.15. The van der Waals surface area contributed by atoms with E-state index in [1.807, 2.05) is 18.2 Å². The second kappa shape index (κ2) is 7.79. The summed E-state index contributed by atoms with van der Waals surface area (Å²) >= 11 is 0. The second-order valence-electron chi connectivity index (χ2n) is 5.97. The Hall–Kier alpha value is -2.89. The molecule has 0 unspecified atom stereocenters. The smallest absolute Gasteiger partial charge is 0.257 e. The molecule has 0 bridgehead atoms. The fourth-order valence-corrected chi connectivity index (χ4v) is 2.87. The Morgan fingerprint density at radius 2 is 1.52 bits per heavy atom.